The predicted molar refractivity (Wildman–Crippen MR) is 95.6 cm³/mol. The molecule has 0 fully saturated rings. The lowest BCUT2D eigenvalue weighted by Crippen LogP contribution is -2.40. The lowest BCUT2D eigenvalue weighted by Gasteiger charge is -2.18. The first kappa shape index (κ1) is 19.5. The van der Waals surface area contributed by atoms with Crippen molar-refractivity contribution < 1.29 is 4.79 Å². The third kappa shape index (κ3) is 5.53. The van der Waals surface area contributed by atoms with Crippen molar-refractivity contribution in [3.05, 3.63) is 47.2 Å². The molecular formula is C16H22Cl2N4O. The Morgan fingerprint density at radius 3 is 2.78 bits per heavy atom. The van der Waals surface area contributed by atoms with E-state index in [1.165, 1.54) is 0 Å². The van der Waals surface area contributed by atoms with Crippen molar-refractivity contribution in [2.45, 2.75) is 26.3 Å². The van der Waals surface area contributed by atoms with Gasteiger partial charge in [0.15, 0.2) is 0 Å². The van der Waals surface area contributed by atoms with Gasteiger partial charge in [-0.05, 0) is 30.5 Å². The first-order valence-corrected chi connectivity index (χ1v) is 7.69. The molecule has 5 nitrogen and oxygen atoms in total. The Morgan fingerprint density at radius 1 is 1.43 bits per heavy atom. The Morgan fingerprint density at radius 2 is 2.17 bits per heavy atom. The van der Waals surface area contributed by atoms with E-state index in [2.05, 4.69) is 24.3 Å². The van der Waals surface area contributed by atoms with Crippen LogP contribution in [0.3, 0.4) is 0 Å². The summed E-state index contributed by atoms with van der Waals surface area (Å²) in [7, 11) is 0. The van der Waals surface area contributed by atoms with Gasteiger partial charge in [-0.3, -0.25) is 4.79 Å². The number of halogens is 2. The van der Waals surface area contributed by atoms with Crippen molar-refractivity contribution in [3.63, 3.8) is 0 Å². The Kier molecular flexibility index (Phi) is 7.55. The van der Waals surface area contributed by atoms with E-state index >= 15 is 0 Å². The van der Waals surface area contributed by atoms with Crippen LogP contribution in [0.4, 0.5) is 0 Å². The summed E-state index contributed by atoms with van der Waals surface area (Å²) in [5.41, 5.74) is 7.02. The summed E-state index contributed by atoms with van der Waals surface area (Å²) in [6.45, 7) is 4.63. The molecule has 2 rings (SSSR count). The Labute approximate surface area is 147 Å². The van der Waals surface area contributed by atoms with Crippen LogP contribution >= 0.6 is 24.0 Å². The average Bonchev–Trinajstić information content (AvgIpc) is 2.96. The van der Waals surface area contributed by atoms with Gasteiger partial charge in [0.25, 0.3) is 5.91 Å². The van der Waals surface area contributed by atoms with Crippen LogP contribution in [-0.2, 0) is 0 Å². The van der Waals surface area contributed by atoms with E-state index < -0.39 is 0 Å². The number of nitrogens with two attached hydrogens (primary N) is 1. The summed E-state index contributed by atoms with van der Waals surface area (Å²) in [5, 5.41) is 7.78. The molecule has 3 N–H and O–H groups in total. The summed E-state index contributed by atoms with van der Waals surface area (Å²) in [4.78, 5) is 12.3. The van der Waals surface area contributed by atoms with E-state index in [9.17, 15) is 4.79 Å². The zero-order chi connectivity index (χ0) is 16.1. The fourth-order valence-corrected chi connectivity index (χ4v) is 2.44. The van der Waals surface area contributed by atoms with Gasteiger partial charge in [-0.25, -0.2) is 4.68 Å². The topological polar surface area (TPSA) is 72.9 Å². The fraction of sp³-hybridized carbons (Fsp3) is 0.375. The number of nitrogens with zero attached hydrogens (tertiary/aromatic N) is 2. The zero-order valence-corrected chi connectivity index (χ0v) is 14.8. The molecule has 0 aliphatic rings. The Balaban J connectivity index is 0.00000264. The number of rotatable bonds is 6. The molecule has 126 valence electrons. The molecular weight excluding hydrogens is 335 g/mol. The molecule has 2 aromatic rings. The number of amides is 1. The maximum Gasteiger partial charge on any atom is 0.254 e. The third-order valence-electron chi connectivity index (χ3n) is 3.29. The molecule has 1 unspecified atom stereocenters. The number of carbonyl (C=O) groups is 1. The lowest BCUT2D eigenvalue weighted by atomic mass is 10.0. The molecule has 0 radical (unpaired) electrons. The number of hydrogen-bond donors (Lipinski definition) is 2. The largest absolute Gasteiger partial charge is 0.348 e. The predicted octanol–water partition coefficient (Wildman–Crippen LogP) is 3.05. The molecule has 1 amide bonds. The van der Waals surface area contributed by atoms with Crippen molar-refractivity contribution >= 4 is 29.9 Å². The van der Waals surface area contributed by atoms with Crippen LogP contribution in [0.15, 0.2) is 36.7 Å². The van der Waals surface area contributed by atoms with Crippen LogP contribution < -0.4 is 11.1 Å². The molecule has 1 heterocycles. The van der Waals surface area contributed by atoms with Crippen LogP contribution in [-0.4, -0.2) is 28.3 Å². The van der Waals surface area contributed by atoms with Gasteiger partial charge in [-0.2, -0.15) is 5.10 Å². The van der Waals surface area contributed by atoms with Crippen molar-refractivity contribution in [3.8, 4) is 5.69 Å². The van der Waals surface area contributed by atoms with Crippen molar-refractivity contribution in [2.75, 3.05) is 6.54 Å². The van der Waals surface area contributed by atoms with Crippen molar-refractivity contribution in [2.24, 2.45) is 11.7 Å². The van der Waals surface area contributed by atoms with Gasteiger partial charge in [-0.1, -0.05) is 31.5 Å². The van der Waals surface area contributed by atoms with Crippen molar-refractivity contribution in [1.29, 1.82) is 0 Å². The van der Waals surface area contributed by atoms with Crippen LogP contribution in [0.1, 0.15) is 30.6 Å². The van der Waals surface area contributed by atoms with Gasteiger partial charge in [-0.15, -0.1) is 12.4 Å². The van der Waals surface area contributed by atoms with Crippen molar-refractivity contribution in [1.82, 2.24) is 15.1 Å². The van der Waals surface area contributed by atoms with E-state index in [1.54, 1.807) is 29.2 Å². The summed E-state index contributed by atoms with van der Waals surface area (Å²) < 4.78 is 1.63. The number of benzene rings is 1. The summed E-state index contributed by atoms with van der Waals surface area (Å²) in [6, 6.07) is 7.27. The van der Waals surface area contributed by atoms with E-state index in [-0.39, 0.29) is 24.4 Å². The Hall–Kier alpha value is -1.56. The van der Waals surface area contributed by atoms with E-state index in [1.807, 2.05) is 12.1 Å². The minimum absolute atomic E-state index is 0. The summed E-state index contributed by atoms with van der Waals surface area (Å²) in [6.07, 6.45) is 4.08. The standard InChI is InChI=1S/C16H21ClN4O.ClH/c1-11(2)6-14(8-18)20-16(22)12-9-19-21(10-12)15-5-3-4-13(17)7-15;/h3-5,7,9-11,14H,6,8,18H2,1-2H3,(H,20,22);1H. The molecule has 1 aromatic heterocycles. The van der Waals surface area contributed by atoms with E-state index in [0.717, 1.165) is 12.1 Å². The van der Waals surface area contributed by atoms with Gasteiger partial charge in [0, 0.05) is 23.8 Å². The number of nitrogens with one attached hydrogen (secondary N) is 1. The monoisotopic (exact) mass is 356 g/mol. The summed E-state index contributed by atoms with van der Waals surface area (Å²) in [5.74, 6) is 0.312. The SMILES string of the molecule is CC(C)CC(CN)NC(=O)c1cnn(-c2cccc(Cl)c2)c1.Cl. The molecule has 0 spiro atoms. The van der Waals surface area contributed by atoms with Crippen LogP contribution in [0.5, 0.6) is 0 Å². The highest BCUT2D eigenvalue weighted by Gasteiger charge is 2.15. The third-order valence-corrected chi connectivity index (χ3v) is 3.53. The number of hydrogen-bond acceptors (Lipinski definition) is 3. The first-order valence-electron chi connectivity index (χ1n) is 7.31. The molecule has 1 aromatic carbocycles. The smallest absolute Gasteiger partial charge is 0.254 e. The summed E-state index contributed by atoms with van der Waals surface area (Å²) >= 11 is 5.97. The quantitative estimate of drug-likeness (QED) is 0.835. The second kappa shape index (κ2) is 8.91. The van der Waals surface area contributed by atoms with E-state index in [0.29, 0.717) is 23.0 Å². The number of aromatic nitrogens is 2. The highest BCUT2D eigenvalue weighted by molar-refractivity contribution is 6.30. The van der Waals surface area contributed by atoms with Gasteiger partial charge in [0.1, 0.15) is 0 Å². The fourth-order valence-electron chi connectivity index (χ4n) is 2.25. The molecule has 0 bridgehead atoms. The molecule has 0 aliphatic carbocycles. The van der Waals surface area contributed by atoms with Gasteiger partial charge < -0.3 is 11.1 Å². The lowest BCUT2D eigenvalue weighted by molar-refractivity contribution is 0.0934. The second-order valence-corrected chi connectivity index (χ2v) is 6.13. The van der Waals surface area contributed by atoms with Crippen LogP contribution in [0.2, 0.25) is 5.02 Å². The number of carbonyl (C=O) groups excluding carboxylic acids is 1. The first-order chi connectivity index (χ1) is 10.5. The Bertz CT molecular complexity index is 643. The van der Waals surface area contributed by atoms with E-state index in [4.69, 9.17) is 17.3 Å². The van der Waals surface area contributed by atoms with Gasteiger partial charge >= 0.3 is 0 Å². The highest BCUT2D eigenvalue weighted by atomic mass is 35.5. The van der Waals surface area contributed by atoms with Gasteiger partial charge in [0.2, 0.25) is 0 Å². The maximum atomic E-state index is 12.3. The molecule has 0 saturated heterocycles. The average molecular weight is 357 g/mol. The van der Waals surface area contributed by atoms with Gasteiger partial charge in [0.05, 0.1) is 17.4 Å². The second-order valence-electron chi connectivity index (χ2n) is 5.69. The van der Waals surface area contributed by atoms with Crippen LogP contribution in [0.25, 0.3) is 5.69 Å². The zero-order valence-electron chi connectivity index (χ0n) is 13.2. The molecule has 0 saturated carbocycles. The van der Waals surface area contributed by atoms with Crippen LogP contribution in [0, 0.1) is 5.92 Å². The molecule has 1 atom stereocenters. The minimum Gasteiger partial charge on any atom is -0.348 e. The molecule has 23 heavy (non-hydrogen) atoms. The molecule has 0 aliphatic heterocycles. The minimum atomic E-state index is -0.163. The normalized spacial score (nSPS) is 11.9. The molecule has 7 heteroatoms. The maximum absolute atomic E-state index is 12.3. The highest BCUT2D eigenvalue weighted by Crippen LogP contribution is 2.15.